The number of aromatic nitrogens is 1. The van der Waals surface area contributed by atoms with Crippen LogP contribution < -0.4 is 4.90 Å². The number of piperazine rings is 1. The van der Waals surface area contributed by atoms with Gasteiger partial charge in [-0.2, -0.15) is 0 Å². The number of pyridine rings is 1. The second-order valence-electron chi connectivity index (χ2n) is 8.26. The third kappa shape index (κ3) is 4.28. The van der Waals surface area contributed by atoms with Crippen LogP contribution in [0.4, 0.5) is 5.69 Å². The Kier molecular flexibility index (Phi) is 6.36. The first-order valence-electron chi connectivity index (χ1n) is 10.5. The molecule has 152 valence electrons. The van der Waals surface area contributed by atoms with E-state index >= 15 is 0 Å². The van der Waals surface area contributed by atoms with E-state index in [0.29, 0.717) is 12.0 Å². The van der Waals surface area contributed by atoms with E-state index in [1.807, 2.05) is 24.4 Å². The molecule has 4 rings (SSSR count). The lowest BCUT2D eigenvalue weighted by Crippen LogP contribution is -2.56. The van der Waals surface area contributed by atoms with Crippen molar-refractivity contribution in [1.29, 1.82) is 0 Å². The highest BCUT2D eigenvalue weighted by molar-refractivity contribution is 6.31. The topological polar surface area (TPSA) is 42.8 Å². The predicted octanol–water partition coefficient (Wildman–Crippen LogP) is 3.10. The van der Waals surface area contributed by atoms with Crippen molar-refractivity contribution in [2.75, 3.05) is 57.8 Å². The highest BCUT2D eigenvalue weighted by Crippen LogP contribution is 2.34. The Morgan fingerprint density at radius 2 is 1.96 bits per heavy atom. The molecule has 2 aliphatic heterocycles. The van der Waals surface area contributed by atoms with Gasteiger partial charge in [-0.25, -0.2) is 0 Å². The number of rotatable bonds is 5. The fraction of sp³-hybridized carbons (Fsp3) is 0.591. The van der Waals surface area contributed by atoms with Gasteiger partial charge in [0, 0.05) is 74.2 Å². The number of aliphatic hydroxyl groups is 1. The smallest absolute Gasteiger partial charge is 0.0723 e. The van der Waals surface area contributed by atoms with Gasteiger partial charge >= 0.3 is 0 Å². The van der Waals surface area contributed by atoms with Gasteiger partial charge < -0.3 is 14.9 Å². The van der Waals surface area contributed by atoms with Gasteiger partial charge in [-0.1, -0.05) is 11.6 Å². The molecule has 2 atom stereocenters. The summed E-state index contributed by atoms with van der Waals surface area (Å²) in [4.78, 5) is 12.1. The monoisotopic (exact) mass is 402 g/mol. The second kappa shape index (κ2) is 8.95. The van der Waals surface area contributed by atoms with Gasteiger partial charge in [0.25, 0.3) is 0 Å². The summed E-state index contributed by atoms with van der Waals surface area (Å²) in [6, 6.07) is 8.69. The van der Waals surface area contributed by atoms with Crippen molar-refractivity contribution in [3.8, 4) is 0 Å². The quantitative estimate of drug-likeness (QED) is 0.832. The van der Waals surface area contributed by atoms with E-state index in [1.54, 1.807) is 0 Å². The number of nitrogens with zero attached hydrogens (tertiary/aromatic N) is 4. The van der Waals surface area contributed by atoms with Gasteiger partial charge in [-0.05, 0) is 56.5 Å². The summed E-state index contributed by atoms with van der Waals surface area (Å²) >= 11 is 6.28. The fourth-order valence-electron chi connectivity index (χ4n) is 4.89. The van der Waals surface area contributed by atoms with Crippen LogP contribution in [-0.2, 0) is 0 Å². The van der Waals surface area contributed by atoms with E-state index < -0.39 is 0 Å². The lowest BCUT2D eigenvalue weighted by atomic mass is 9.86. The van der Waals surface area contributed by atoms with E-state index in [4.69, 9.17) is 11.6 Å². The Morgan fingerprint density at radius 3 is 2.75 bits per heavy atom. The van der Waals surface area contributed by atoms with Gasteiger partial charge in [0.05, 0.1) is 5.52 Å². The lowest BCUT2D eigenvalue weighted by molar-refractivity contribution is 0.0639. The van der Waals surface area contributed by atoms with Crippen LogP contribution in [0.15, 0.2) is 30.5 Å². The Balaban J connectivity index is 1.56. The zero-order valence-electron chi connectivity index (χ0n) is 16.7. The van der Waals surface area contributed by atoms with Crippen molar-refractivity contribution < 1.29 is 5.11 Å². The number of piperidine rings is 1. The number of hydrogen-bond acceptors (Lipinski definition) is 5. The molecule has 2 saturated heterocycles. The molecule has 1 N–H and O–H groups in total. The molecule has 28 heavy (non-hydrogen) atoms. The number of likely N-dealkylation sites (N-methyl/N-ethyl adjacent to an activating group) is 1. The molecule has 0 radical (unpaired) electrons. The first kappa shape index (κ1) is 19.9. The van der Waals surface area contributed by atoms with Crippen LogP contribution in [0, 0.1) is 5.92 Å². The van der Waals surface area contributed by atoms with Crippen LogP contribution in [0.3, 0.4) is 0 Å². The predicted molar refractivity (Wildman–Crippen MR) is 116 cm³/mol. The third-order valence-electron chi connectivity index (χ3n) is 6.46. The number of anilines is 1. The molecule has 2 fully saturated rings. The first-order valence-corrected chi connectivity index (χ1v) is 10.9. The highest BCUT2D eigenvalue weighted by Gasteiger charge is 2.34. The molecule has 0 unspecified atom stereocenters. The zero-order valence-corrected chi connectivity index (χ0v) is 17.5. The number of hydrogen-bond donors (Lipinski definition) is 1. The molecule has 3 heterocycles. The van der Waals surface area contributed by atoms with Crippen LogP contribution in [0.2, 0.25) is 5.02 Å². The zero-order chi connectivity index (χ0) is 19.5. The molecule has 2 aliphatic rings. The first-order chi connectivity index (χ1) is 13.7. The Morgan fingerprint density at radius 1 is 1.14 bits per heavy atom. The molecule has 1 aromatic heterocycles. The van der Waals surface area contributed by atoms with Crippen LogP contribution in [-0.4, -0.2) is 78.9 Å². The average molecular weight is 403 g/mol. The minimum absolute atomic E-state index is 0.278. The molecule has 1 aromatic carbocycles. The summed E-state index contributed by atoms with van der Waals surface area (Å²) < 4.78 is 0. The minimum atomic E-state index is 0.278. The van der Waals surface area contributed by atoms with E-state index in [2.05, 4.69) is 32.8 Å². The average Bonchev–Trinajstić information content (AvgIpc) is 2.72. The van der Waals surface area contributed by atoms with Gasteiger partial charge in [-0.15, -0.1) is 0 Å². The Hall–Kier alpha value is -1.40. The molecule has 0 saturated carbocycles. The van der Waals surface area contributed by atoms with E-state index in [-0.39, 0.29) is 6.61 Å². The summed E-state index contributed by atoms with van der Waals surface area (Å²) in [6.45, 7) is 6.98. The van der Waals surface area contributed by atoms with Crippen LogP contribution in [0.1, 0.15) is 19.3 Å². The molecule has 0 aliphatic carbocycles. The summed E-state index contributed by atoms with van der Waals surface area (Å²) in [5.41, 5.74) is 2.23. The molecule has 5 nitrogen and oxygen atoms in total. The van der Waals surface area contributed by atoms with Crippen molar-refractivity contribution in [2.24, 2.45) is 5.92 Å². The highest BCUT2D eigenvalue weighted by atomic mass is 35.5. The fourth-order valence-corrected chi connectivity index (χ4v) is 5.06. The molecular weight excluding hydrogens is 372 g/mol. The Bertz CT molecular complexity index is 793. The number of benzene rings is 1. The molecule has 6 heteroatoms. The maximum Gasteiger partial charge on any atom is 0.0723 e. The van der Waals surface area contributed by atoms with Gasteiger partial charge in [0.1, 0.15) is 0 Å². The molecule has 0 bridgehead atoms. The van der Waals surface area contributed by atoms with E-state index in [1.165, 1.54) is 12.1 Å². The largest absolute Gasteiger partial charge is 0.396 e. The molecule has 0 amide bonds. The third-order valence-corrected chi connectivity index (χ3v) is 6.69. The number of fused-ring (bicyclic) bond motifs is 1. The maximum atomic E-state index is 9.43. The van der Waals surface area contributed by atoms with Crippen molar-refractivity contribution >= 4 is 28.2 Å². The van der Waals surface area contributed by atoms with Crippen molar-refractivity contribution in [1.82, 2.24) is 14.8 Å². The lowest BCUT2D eigenvalue weighted by Gasteiger charge is -2.47. The van der Waals surface area contributed by atoms with Crippen LogP contribution in [0.5, 0.6) is 0 Å². The SMILES string of the molecule is CN1CCN([C@@H]2CCN(c3ccnc4ccc(Cl)cc34)C[C@@H]2CCCO)CC1. The van der Waals surface area contributed by atoms with Crippen LogP contribution >= 0.6 is 11.6 Å². The molecule has 2 aromatic rings. The second-order valence-corrected chi connectivity index (χ2v) is 8.70. The maximum absolute atomic E-state index is 9.43. The summed E-state index contributed by atoms with van der Waals surface area (Å²) in [7, 11) is 2.21. The normalized spacial score (nSPS) is 24.8. The Labute approximate surface area is 172 Å². The molecular formula is C22H31ClN4O. The van der Waals surface area contributed by atoms with Gasteiger partial charge in [0.15, 0.2) is 0 Å². The summed E-state index contributed by atoms with van der Waals surface area (Å²) in [5, 5.41) is 11.3. The van der Waals surface area contributed by atoms with E-state index in [0.717, 1.165) is 68.0 Å². The van der Waals surface area contributed by atoms with Crippen LogP contribution in [0.25, 0.3) is 10.9 Å². The van der Waals surface area contributed by atoms with E-state index in [9.17, 15) is 5.11 Å². The molecule has 0 spiro atoms. The van der Waals surface area contributed by atoms with Gasteiger partial charge in [-0.3, -0.25) is 9.88 Å². The standard InChI is InChI=1S/C22H31ClN4O/c1-25-10-12-26(13-11-25)21-7-9-27(16-17(21)3-2-14-28)22-6-8-24-20-5-4-18(23)15-19(20)22/h4-6,8,15,17,21,28H,2-3,7,9-14,16H2,1H3/t17-,21+/m0/s1. The minimum Gasteiger partial charge on any atom is -0.396 e. The van der Waals surface area contributed by atoms with Crippen molar-refractivity contribution in [3.63, 3.8) is 0 Å². The number of halogens is 1. The number of aliphatic hydroxyl groups excluding tert-OH is 1. The summed E-state index contributed by atoms with van der Waals surface area (Å²) in [5.74, 6) is 0.576. The van der Waals surface area contributed by atoms with Crippen molar-refractivity contribution in [3.05, 3.63) is 35.5 Å². The van der Waals surface area contributed by atoms with Gasteiger partial charge in [0.2, 0.25) is 0 Å². The summed E-state index contributed by atoms with van der Waals surface area (Å²) in [6.07, 6.45) is 5.03. The van der Waals surface area contributed by atoms with Crippen molar-refractivity contribution in [2.45, 2.75) is 25.3 Å².